The molecule has 1 aliphatic rings. The minimum absolute atomic E-state index is 0. The monoisotopic (exact) mass is 241 g/mol. The Morgan fingerprint density at radius 1 is 0.688 bits per heavy atom. The SMILES string of the molecule is C1COCCOCCOCCO1.[Li+].[N-]=C=S. The Bertz CT molecular complexity index is 125. The maximum absolute atomic E-state index is 7.13. The Morgan fingerprint density at radius 2 is 0.812 bits per heavy atom. The van der Waals surface area contributed by atoms with Crippen molar-refractivity contribution in [2.75, 3.05) is 52.9 Å². The molecule has 1 fully saturated rings. The number of hydrogen-bond donors (Lipinski definition) is 0. The van der Waals surface area contributed by atoms with E-state index in [1.165, 1.54) is 5.16 Å². The third-order valence-electron chi connectivity index (χ3n) is 1.49. The van der Waals surface area contributed by atoms with Gasteiger partial charge in [0.25, 0.3) is 0 Å². The first-order valence-corrected chi connectivity index (χ1v) is 5.15. The second kappa shape index (κ2) is 17.6. The van der Waals surface area contributed by atoms with Gasteiger partial charge in [-0.2, -0.15) is 5.16 Å². The molecule has 0 N–H and O–H groups in total. The van der Waals surface area contributed by atoms with Gasteiger partial charge >= 0.3 is 18.9 Å². The minimum atomic E-state index is 0. The van der Waals surface area contributed by atoms with Gasteiger partial charge in [0.05, 0.1) is 52.9 Å². The van der Waals surface area contributed by atoms with Crippen molar-refractivity contribution in [3.63, 3.8) is 0 Å². The zero-order chi connectivity index (χ0) is 11.2. The Morgan fingerprint density at radius 3 is 0.938 bits per heavy atom. The smallest absolute Gasteiger partial charge is 0.753 e. The van der Waals surface area contributed by atoms with Crippen LogP contribution in [0.4, 0.5) is 0 Å². The van der Waals surface area contributed by atoms with Gasteiger partial charge in [-0.1, -0.05) is 12.2 Å². The van der Waals surface area contributed by atoms with Crippen LogP contribution < -0.4 is 18.9 Å². The zero-order valence-electron chi connectivity index (χ0n) is 9.65. The molecule has 0 atom stereocenters. The van der Waals surface area contributed by atoms with Crippen molar-refractivity contribution in [3.8, 4) is 0 Å². The fourth-order valence-corrected chi connectivity index (χ4v) is 0.880. The van der Waals surface area contributed by atoms with Crippen molar-refractivity contribution in [3.05, 3.63) is 5.41 Å². The van der Waals surface area contributed by atoms with Crippen LogP contribution in [0.15, 0.2) is 0 Å². The first-order chi connectivity index (χ1) is 7.41. The summed E-state index contributed by atoms with van der Waals surface area (Å²) < 4.78 is 20.9. The average molecular weight is 241 g/mol. The molecule has 0 aromatic rings. The molecule has 0 aromatic carbocycles. The Labute approximate surface area is 113 Å². The first-order valence-electron chi connectivity index (χ1n) is 4.74. The molecule has 1 heterocycles. The third-order valence-corrected chi connectivity index (χ3v) is 1.49. The van der Waals surface area contributed by atoms with Crippen molar-refractivity contribution >= 4 is 17.4 Å². The van der Waals surface area contributed by atoms with Gasteiger partial charge in [-0.25, -0.2) is 0 Å². The Balaban J connectivity index is 0. The van der Waals surface area contributed by atoms with Crippen LogP contribution in [0.5, 0.6) is 0 Å². The predicted octanol–water partition coefficient (Wildman–Crippen LogP) is -2.27. The van der Waals surface area contributed by atoms with Crippen LogP contribution in [0.25, 0.3) is 5.41 Å². The summed E-state index contributed by atoms with van der Waals surface area (Å²) in [5, 5.41) is 8.47. The van der Waals surface area contributed by atoms with Crippen LogP contribution in [0.1, 0.15) is 0 Å². The summed E-state index contributed by atoms with van der Waals surface area (Å²) in [7, 11) is 0. The molecule has 0 bridgehead atoms. The summed E-state index contributed by atoms with van der Waals surface area (Å²) in [4.78, 5) is 0. The predicted molar refractivity (Wildman–Crippen MR) is 59.2 cm³/mol. The van der Waals surface area contributed by atoms with Gasteiger partial charge in [-0.15, -0.1) is 0 Å². The van der Waals surface area contributed by atoms with Crippen molar-refractivity contribution in [1.82, 2.24) is 0 Å². The van der Waals surface area contributed by atoms with Gasteiger partial charge in [-0.3, -0.25) is 0 Å². The van der Waals surface area contributed by atoms with Crippen molar-refractivity contribution < 1.29 is 37.8 Å². The summed E-state index contributed by atoms with van der Waals surface area (Å²) in [6.45, 7) is 5.14. The molecule has 7 heteroatoms. The van der Waals surface area contributed by atoms with Crippen LogP contribution in [0, 0.1) is 0 Å². The summed E-state index contributed by atoms with van der Waals surface area (Å²) in [5.74, 6) is 0. The summed E-state index contributed by atoms with van der Waals surface area (Å²) >= 11 is 3.70. The largest absolute Gasteiger partial charge is 1.00 e. The van der Waals surface area contributed by atoms with E-state index in [2.05, 4.69) is 12.2 Å². The molecule has 88 valence electrons. The van der Waals surface area contributed by atoms with Crippen molar-refractivity contribution in [2.45, 2.75) is 0 Å². The molecule has 0 unspecified atom stereocenters. The van der Waals surface area contributed by atoms with E-state index < -0.39 is 0 Å². The summed E-state index contributed by atoms with van der Waals surface area (Å²) in [6, 6.07) is 0. The van der Waals surface area contributed by atoms with E-state index in [1.807, 2.05) is 0 Å². The van der Waals surface area contributed by atoms with Crippen LogP contribution in [-0.2, 0) is 18.9 Å². The van der Waals surface area contributed by atoms with Crippen LogP contribution in [0.3, 0.4) is 0 Å². The molecule has 5 nitrogen and oxygen atoms in total. The van der Waals surface area contributed by atoms with E-state index in [0.717, 1.165) is 0 Å². The van der Waals surface area contributed by atoms with Gasteiger partial charge in [0.2, 0.25) is 0 Å². The van der Waals surface area contributed by atoms with Gasteiger partial charge in [-0.05, 0) is 0 Å². The summed E-state index contributed by atoms with van der Waals surface area (Å²) in [6.07, 6.45) is 0. The normalized spacial score (nSPS) is 18.5. The minimum Gasteiger partial charge on any atom is -0.753 e. The molecule has 0 saturated carbocycles. The van der Waals surface area contributed by atoms with Crippen molar-refractivity contribution in [1.29, 1.82) is 0 Å². The van der Waals surface area contributed by atoms with E-state index in [-0.39, 0.29) is 18.9 Å². The van der Waals surface area contributed by atoms with E-state index in [0.29, 0.717) is 52.9 Å². The number of thiocarbonyl (C=S) groups is 1. The Hall–Kier alpha value is 0.237. The van der Waals surface area contributed by atoms with E-state index in [1.54, 1.807) is 0 Å². The molecule has 0 amide bonds. The Kier molecular flexibility index (Phi) is 20.5. The van der Waals surface area contributed by atoms with Crippen LogP contribution in [-0.4, -0.2) is 58.0 Å². The van der Waals surface area contributed by atoms with Gasteiger partial charge < -0.3 is 24.4 Å². The maximum atomic E-state index is 7.13. The van der Waals surface area contributed by atoms with E-state index in [4.69, 9.17) is 24.4 Å². The third kappa shape index (κ3) is 16.7. The first kappa shape index (κ1) is 18.6. The number of hydrogen-bond acceptors (Lipinski definition) is 5. The molecule has 1 saturated heterocycles. The second-order valence-corrected chi connectivity index (χ2v) is 2.72. The molecule has 0 spiro atoms. The molecule has 1 aliphatic heterocycles. The molecule has 1 rings (SSSR count). The van der Waals surface area contributed by atoms with Crippen LogP contribution in [0.2, 0.25) is 0 Å². The number of rotatable bonds is 0. The molecule has 0 aliphatic carbocycles. The van der Waals surface area contributed by atoms with E-state index >= 15 is 0 Å². The van der Waals surface area contributed by atoms with Gasteiger partial charge in [0.15, 0.2) is 0 Å². The molecule has 0 radical (unpaired) electrons. The topological polar surface area (TPSA) is 59.2 Å². The van der Waals surface area contributed by atoms with Gasteiger partial charge in [0.1, 0.15) is 0 Å². The number of ether oxygens (including phenoxy) is 4. The molecular weight excluding hydrogens is 225 g/mol. The average Bonchev–Trinajstić information content (AvgIpc) is 2.19. The fraction of sp³-hybridized carbons (Fsp3) is 0.889. The number of isothiocyanates is 1. The van der Waals surface area contributed by atoms with Gasteiger partial charge in [0, 0.05) is 0 Å². The van der Waals surface area contributed by atoms with Crippen LogP contribution >= 0.6 is 12.2 Å². The maximum Gasteiger partial charge on any atom is 1.00 e. The van der Waals surface area contributed by atoms with Crippen molar-refractivity contribution in [2.24, 2.45) is 0 Å². The fourth-order valence-electron chi connectivity index (χ4n) is 0.880. The quantitative estimate of drug-likeness (QED) is 0.272. The molecular formula is C9H16LiNO4S. The zero-order valence-corrected chi connectivity index (χ0v) is 10.5. The standard InChI is InChI=1S/C8H16O4.CNS.Li/c1-2-10-5-6-12-8-7-11-4-3-9-1;2-1-3;/h1-8H2;;/q;-1;+1. The van der Waals surface area contributed by atoms with E-state index in [9.17, 15) is 0 Å². The summed E-state index contributed by atoms with van der Waals surface area (Å²) in [5.41, 5.74) is 0. The second-order valence-electron chi connectivity index (χ2n) is 2.54. The molecule has 16 heavy (non-hydrogen) atoms. The molecule has 0 aromatic heterocycles. The number of nitrogens with zero attached hydrogens (tertiary/aromatic N) is 1.